The normalized spacial score (nSPS) is 29.6. The highest BCUT2D eigenvalue weighted by Crippen LogP contribution is 2.60. The van der Waals surface area contributed by atoms with Gasteiger partial charge in [0.05, 0.1) is 25.0 Å². The molecule has 0 amide bonds. The summed E-state index contributed by atoms with van der Waals surface area (Å²) in [6.07, 6.45) is -15.0. The molecule has 14 unspecified atom stereocenters. The lowest BCUT2D eigenvalue weighted by Crippen LogP contribution is -2.62. The smallest absolute Gasteiger partial charge is 0.229 e. The zero-order valence-corrected chi connectivity index (χ0v) is 38.4. The van der Waals surface area contributed by atoms with Gasteiger partial charge in [0.1, 0.15) is 113 Å². The Hall–Kier alpha value is -7.14. The first kappa shape index (κ1) is 49.4. The first-order valence-electron chi connectivity index (χ1n) is 23.3. The number of rotatable bonds is 12. The number of hydrogen-bond donors (Lipinski definition) is 13. The average Bonchev–Trinajstić information content (AvgIpc) is 3.95. The van der Waals surface area contributed by atoms with Crippen LogP contribution < -0.4 is 14.2 Å². The van der Waals surface area contributed by atoms with Gasteiger partial charge in [-0.3, -0.25) is 0 Å². The van der Waals surface area contributed by atoms with Gasteiger partial charge in [-0.05, 0) is 94.0 Å². The number of aromatic hydroxyl groups is 6. The van der Waals surface area contributed by atoms with Crippen molar-refractivity contribution in [3.63, 3.8) is 0 Å². The molecule has 0 spiro atoms. The molecular weight excluding hydrogens is 953 g/mol. The van der Waals surface area contributed by atoms with Crippen LogP contribution in [-0.4, -0.2) is 141 Å². The van der Waals surface area contributed by atoms with E-state index in [-0.39, 0.29) is 46.0 Å². The fourth-order valence-corrected chi connectivity index (χ4v) is 10.0. The topological polar surface area (TPSA) is 318 Å². The molecule has 19 nitrogen and oxygen atoms in total. The second kappa shape index (κ2) is 20.0. The molecule has 2 saturated heterocycles. The number of phenolic OH excluding ortho intramolecular Hbond substituents is 6. The first-order chi connectivity index (χ1) is 35.0. The third-order valence-corrected chi connectivity index (χ3v) is 13.6. The molecule has 4 heterocycles. The van der Waals surface area contributed by atoms with Crippen LogP contribution in [-0.2, 0) is 14.2 Å². The third kappa shape index (κ3) is 9.66. The number of aliphatic hydroxyl groups excluding tert-OH is 7. The molecule has 19 heteroatoms. The van der Waals surface area contributed by atoms with E-state index in [9.17, 15) is 66.4 Å². The molecule has 0 aliphatic carbocycles. The van der Waals surface area contributed by atoms with Crippen LogP contribution in [0.5, 0.6) is 51.7 Å². The quantitative estimate of drug-likeness (QED) is 0.0779. The van der Waals surface area contributed by atoms with Gasteiger partial charge in [-0.15, -0.1) is 0 Å². The summed E-state index contributed by atoms with van der Waals surface area (Å²) in [4.78, 5) is 0. The standard InChI is InChI=1S/C54H52O19/c55-22-39-45(62)47(64)49(66)53(72-39)68-23-40-46(63)48(65)50(67)54(73-40)69-35-17-28(16-32(59)18-35)42-43-36(19-34(61)21-38(43)71-51(42)25-5-11-30(57)12-6-25)44-41-27(4-1-24-2-9-29(56)10-3-24)15-33(60)20-37(41)70-52(44)26-7-13-31(58)14-8-26/h1-21,39-40,42,44-67H,22-23H2. The molecule has 6 aromatic carbocycles. The molecule has 13 N–H and O–H groups in total. The fraction of sp³-hybridized carbons (Fsp3) is 0.296. The van der Waals surface area contributed by atoms with Crippen LogP contribution in [0.4, 0.5) is 0 Å². The number of phenols is 6. The Morgan fingerprint density at radius 2 is 0.973 bits per heavy atom. The van der Waals surface area contributed by atoms with Crippen molar-refractivity contribution in [3.05, 3.63) is 160 Å². The zero-order valence-electron chi connectivity index (χ0n) is 38.4. The van der Waals surface area contributed by atoms with E-state index >= 15 is 0 Å². The summed E-state index contributed by atoms with van der Waals surface area (Å²) in [5, 5.41) is 139. The van der Waals surface area contributed by atoms with Gasteiger partial charge in [0.15, 0.2) is 6.29 Å². The number of benzene rings is 6. The predicted octanol–water partition coefficient (Wildman–Crippen LogP) is 3.62. The van der Waals surface area contributed by atoms with E-state index in [2.05, 4.69) is 0 Å². The summed E-state index contributed by atoms with van der Waals surface area (Å²) in [5.41, 5.74) is 4.47. The highest BCUT2D eigenvalue weighted by Gasteiger charge is 2.49. The molecule has 73 heavy (non-hydrogen) atoms. The summed E-state index contributed by atoms with van der Waals surface area (Å²) >= 11 is 0. The van der Waals surface area contributed by atoms with Crippen molar-refractivity contribution in [3.8, 4) is 51.7 Å². The van der Waals surface area contributed by atoms with Crippen molar-refractivity contribution in [1.29, 1.82) is 0 Å². The van der Waals surface area contributed by atoms with Gasteiger partial charge >= 0.3 is 0 Å². The van der Waals surface area contributed by atoms with Crippen LogP contribution >= 0.6 is 0 Å². The van der Waals surface area contributed by atoms with Crippen LogP contribution in [0.1, 0.15) is 68.6 Å². The maximum Gasteiger partial charge on any atom is 0.229 e. The van der Waals surface area contributed by atoms with Crippen molar-refractivity contribution >= 4 is 12.2 Å². The number of aliphatic hydroxyl groups is 7. The average molecular weight is 1000 g/mol. The highest BCUT2D eigenvalue weighted by atomic mass is 16.7. The lowest BCUT2D eigenvalue weighted by Gasteiger charge is -2.42. The van der Waals surface area contributed by atoms with E-state index < -0.39 is 98.7 Å². The van der Waals surface area contributed by atoms with Crippen LogP contribution in [0, 0.1) is 0 Å². The van der Waals surface area contributed by atoms with Gasteiger partial charge in [-0.2, -0.15) is 0 Å². The molecule has 2 fully saturated rings. The van der Waals surface area contributed by atoms with Crippen molar-refractivity contribution in [2.24, 2.45) is 0 Å². The minimum atomic E-state index is -1.89. The van der Waals surface area contributed by atoms with Gasteiger partial charge < -0.3 is 94.8 Å². The Kier molecular flexibility index (Phi) is 13.6. The van der Waals surface area contributed by atoms with Crippen molar-refractivity contribution in [2.75, 3.05) is 13.2 Å². The minimum absolute atomic E-state index is 0.00473. The summed E-state index contributed by atoms with van der Waals surface area (Å²) in [6.45, 7) is -1.35. The van der Waals surface area contributed by atoms with Crippen molar-refractivity contribution in [2.45, 2.75) is 85.5 Å². The predicted molar refractivity (Wildman–Crippen MR) is 255 cm³/mol. The maximum atomic E-state index is 11.6. The van der Waals surface area contributed by atoms with E-state index in [1.54, 1.807) is 78.9 Å². The summed E-state index contributed by atoms with van der Waals surface area (Å²) in [5.74, 6) is -1.72. The van der Waals surface area contributed by atoms with Crippen LogP contribution in [0.15, 0.2) is 115 Å². The molecule has 6 aromatic rings. The number of hydrogen-bond acceptors (Lipinski definition) is 19. The Labute approximate surface area is 416 Å². The second-order valence-corrected chi connectivity index (χ2v) is 18.5. The molecule has 10 rings (SSSR count). The molecule has 0 saturated carbocycles. The Morgan fingerprint density at radius 1 is 0.452 bits per heavy atom. The fourth-order valence-electron chi connectivity index (χ4n) is 10.0. The molecule has 382 valence electrons. The largest absolute Gasteiger partial charge is 0.508 e. The number of ether oxygens (including phenoxy) is 6. The van der Waals surface area contributed by atoms with E-state index in [0.717, 1.165) is 5.56 Å². The zero-order chi connectivity index (χ0) is 51.4. The maximum absolute atomic E-state index is 11.6. The molecule has 4 aliphatic rings. The molecular formula is C54H52O19. The molecule has 4 aliphatic heterocycles. The highest BCUT2D eigenvalue weighted by molar-refractivity contribution is 5.76. The van der Waals surface area contributed by atoms with Gasteiger partial charge in [0.25, 0.3) is 0 Å². The van der Waals surface area contributed by atoms with E-state index in [0.29, 0.717) is 44.7 Å². The van der Waals surface area contributed by atoms with Gasteiger partial charge in [0.2, 0.25) is 6.29 Å². The first-order valence-corrected chi connectivity index (χ1v) is 23.3. The Morgan fingerprint density at radius 3 is 1.59 bits per heavy atom. The van der Waals surface area contributed by atoms with E-state index in [1.807, 2.05) is 0 Å². The summed E-state index contributed by atoms with van der Waals surface area (Å²) < 4.78 is 36.6. The van der Waals surface area contributed by atoms with E-state index in [1.165, 1.54) is 48.5 Å². The number of fused-ring (bicyclic) bond motifs is 2. The molecule has 14 atom stereocenters. The van der Waals surface area contributed by atoms with E-state index in [4.69, 9.17) is 28.4 Å². The van der Waals surface area contributed by atoms with Crippen LogP contribution in [0.2, 0.25) is 0 Å². The summed E-state index contributed by atoms with van der Waals surface area (Å²) in [7, 11) is 0. The van der Waals surface area contributed by atoms with Gasteiger partial charge in [0, 0.05) is 29.3 Å². The van der Waals surface area contributed by atoms with Crippen molar-refractivity contribution in [1.82, 2.24) is 0 Å². The Balaban J connectivity index is 1.05. The molecule has 0 aromatic heterocycles. The van der Waals surface area contributed by atoms with Crippen LogP contribution in [0.25, 0.3) is 12.2 Å². The Bertz CT molecular complexity index is 2960. The summed E-state index contributed by atoms with van der Waals surface area (Å²) in [6, 6.07) is 29.5. The molecule has 0 radical (unpaired) electrons. The monoisotopic (exact) mass is 1000 g/mol. The van der Waals surface area contributed by atoms with Gasteiger partial charge in [-0.1, -0.05) is 48.6 Å². The van der Waals surface area contributed by atoms with Gasteiger partial charge in [-0.25, -0.2) is 0 Å². The SMILES string of the molecule is OCC1OC(OCC2OC(Oc3cc(O)cc(C4c5c(cc(O)cc5C5c6c(C=Cc7ccc(O)cc7)cc(O)cc6OC5c5ccc(O)cc5)OC4c4ccc(O)cc4)c3)C(O)C(O)C2O)C(O)C(O)C1O. The third-order valence-electron chi connectivity index (χ3n) is 13.6. The molecule has 0 bridgehead atoms. The van der Waals surface area contributed by atoms with Crippen molar-refractivity contribution < 1.29 is 94.8 Å². The second-order valence-electron chi connectivity index (χ2n) is 18.5. The minimum Gasteiger partial charge on any atom is -0.508 e. The lowest BCUT2D eigenvalue weighted by atomic mass is 9.75. The lowest BCUT2D eigenvalue weighted by molar-refractivity contribution is -0.323. The van der Waals surface area contributed by atoms with Crippen LogP contribution in [0.3, 0.4) is 0 Å².